The van der Waals surface area contributed by atoms with Crippen LogP contribution in [0.5, 0.6) is 5.75 Å². The normalized spacial score (nSPS) is 11.2. The van der Waals surface area contributed by atoms with Crippen LogP contribution >= 0.6 is 0 Å². The Hall–Kier alpha value is -3.81. The molecule has 170 valence electrons. The second-order valence-electron chi connectivity index (χ2n) is 6.26. The highest BCUT2D eigenvalue weighted by atomic mass is 32.2. The van der Waals surface area contributed by atoms with Crippen LogP contribution in [0.1, 0.15) is 10.4 Å². The minimum atomic E-state index is -4.08. The van der Waals surface area contributed by atoms with E-state index in [2.05, 4.69) is 4.72 Å². The van der Waals surface area contributed by atoms with Gasteiger partial charge in [-0.25, -0.2) is 13.2 Å². The molecule has 0 atom stereocenters. The first-order valence-corrected chi connectivity index (χ1v) is 11.5. The lowest BCUT2D eigenvalue weighted by atomic mass is 10.2. The Bertz CT molecular complexity index is 1320. The van der Waals surface area contributed by atoms with Crippen LogP contribution in [0.3, 0.4) is 0 Å². The van der Waals surface area contributed by atoms with E-state index in [1.165, 1.54) is 54.6 Å². The first-order valence-electron chi connectivity index (χ1n) is 8.57. The lowest BCUT2D eigenvalue weighted by molar-refractivity contribution is 0.0693. The molecule has 3 aromatic rings. The molecule has 8 N–H and O–H groups in total. The quantitative estimate of drug-likeness (QED) is 0.230. The van der Waals surface area contributed by atoms with Gasteiger partial charge in [0.2, 0.25) is 0 Å². The lowest BCUT2D eigenvalue weighted by Crippen LogP contribution is -2.13. The predicted molar refractivity (Wildman–Crippen MR) is 117 cm³/mol. The number of carbonyl (C=O) groups is 1. The van der Waals surface area contributed by atoms with Crippen LogP contribution in [0, 0.1) is 0 Å². The lowest BCUT2D eigenvalue weighted by Gasteiger charge is -2.09. The van der Waals surface area contributed by atoms with Crippen LogP contribution in [-0.4, -0.2) is 37.6 Å². The molecule has 0 aromatic heterocycles. The summed E-state index contributed by atoms with van der Waals surface area (Å²) in [6, 6.07) is 14.2. The molecule has 13 heteroatoms. The molecule has 0 spiro atoms. The molecule has 0 saturated carbocycles. The summed E-state index contributed by atoms with van der Waals surface area (Å²) < 4.78 is 55.9. The highest BCUT2D eigenvalue weighted by Gasteiger charge is 2.16. The number of anilines is 3. The van der Waals surface area contributed by atoms with Crippen LogP contribution in [-0.2, 0) is 20.1 Å². The number of hydrogen-bond acceptors (Lipinski definition) is 8. The van der Waals surface area contributed by atoms with E-state index < -0.39 is 31.9 Å². The van der Waals surface area contributed by atoms with Gasteiger partial charge in [-0.05, 0) is 60.7 Å². The second kappa shape index (κ2) is 9.55. The van der Waals surface area contributed by atoms with E-state index in [4.69, 9.17) is 21.1 Å². The zero-order valence-corrected chi connectivity index (χ0v) is 17.8. The average Bonchev–Trinajstić information content (AvgIpc) is 2.68. The Morgan fingerprint density at radius 3 is 1.66 bits per heavy atom. The van der Waals surface area contributed by atoms with Gasteiger partial charge in [0.05, 0.1) is 15.5 Å². The van der Waals surface area contributed by atoms with Crippen molar-refractivity contribution in [3.05, 3.63) is 72.3 Å². The van der Waals surface area contributed by atoms with E-state index in [9.17, 15) is 26.7 Å². The average molecular weight is 482 g/mol. The SMILES string of the molecule is Nc1ccc(S(=O)(=O)Nc2ccc(C(=O)O)c(O)c2)cc1.Nc1ccc(S(=O)(=O)O)cc1. The van der Waals surface area contributed by atoms with Gasteiger partial charge >= 0.3 is 5.97 Å². The van der Waals surface area contributed by atoms with Crippen molar-refractivity contribution < 1.29 is 36.4 Å². The molecule has 0 bridgehead atoms. The Kier molecular flexibility index (Phi) is 7.30. The number of sulfonamides is 1. The molecule has 0 fully saturated rings. The molecule has 3 rings (SSSR count). The summed E-state index contributed by atoms with van der Waals surface area (Å²) in [5.74, 6) is -1.83. The Morgan fingerprint density at radius 2 is 1.25 bits per heavy atom. The molecule has 0 aliphatic heterocycles. The molecular weight excluding hydrogens is 462 g/mol. The number of nitrogens with one attached hydrogen (secondary N) is 1. The standard InChI is InChI=1S/C13H12N2O5S.C6H7NO3S/c14-8-1-4-10(5-2-8)21(19,20)15-9-3-6-11(13(17)18)12(16)7-9;7-5-1-3-6(4-2-5)11(8,9)10/h1-7,15-16H,14H2,(H,17,18);1-4H,7H2,(H,8,9,10). The van der Waals surface area contributed by atoms with E-state index >= 15 is 0 Å². The van der Waals surface area contributed by atoms with Crippen molar-refractivity contribution in [2.45, 2.75) is 9.79 Å². The van der Waals surface area contributed by atoms with Crippen molar-refractivity contribution >= 4 is 43.2 Å². The van der Waals surface area contributed by atoms with E-state index in [0.717, 1.165) is 12.1 Å². The number of carboxylic acid groups (broad SMARTS) is 1. The number of aromatic carboxylic acids is 1. The fourth-order valence-corrected chi connectivity index (χ4v) is 3.81. The van der Waals surface area contributed by atoms with Crippen molar-refractivity contribution in [1.29, 1.82) is 0 Å². The van der Waals surface area contributed by atoms with Gasteiger partial charge in [-0.3, -0.25) is 9.27 Å². The van der Waals surface area contributed by atoms with Crippen molar-refractivity contribution in [3.8, 4) is 5.75 Å². The van der Waals surface area contributed by atoms with Crippen LogP contribution in [0.4, 0.5) is 17.1 Å². The number of carboxylic acids is 1. The molecule has 0 unspecified atom stereocenters. The minimum absolute atomic E-state index is 0.00139. The summed E-state index contributed by atoms with van der Waals surface area (Å²) in [5.41, 5.74) is 11.4. The third-order valence-corrected chi connectivity index (χ3v) is 6.11. The molecule has 0 aliphatic rings. The highest BCUT2D eigenvalue weighted by molar-refractivity contribution is 7.92. The van der Waals surface area contributed by atoms with Crippen molar-refractivity contribution in [2.24, 2.45) is 0 Å². The van der Waals surface area contributed by atoms with Gasteiger partial charge in [0.1, 0.15) is 11.3 Å². The van der Waals surface area contributed by atoms with Crippen molar-refractivity contribution in [1.82, 2.24) is 0 Å². The number of rotatable bonds is 5. The number of phenols is 1. The van der Waals surface area contributed by atoms with E-state index in [1.54, 1.807) is 0 Å². The van der Waals surface area contributed by atoms with Crippen LogP contribution in [0.15, 0.2) is 76.5 Å². The molecule has 0 heterocycles. The third kappa shape index (κ3) is 6.60. The van der Waals surface area contributed by atoms with Gasteiger partial charge < -0.3 is 21.7 Å². The fraction of sp³-hybridized carbons (Fsp3) is 0. The maximum Gasteiger partial charge on any atom is 0.339 e. The number of benzene rings is 3. The summed E-state index contributed by atoms with van der Waals surface area (Å²) in [5, 5.41) is 18.3. The van der Waals surface area contributed by atoms with Gasteiger partial charge in [0, 0.05) is 17.4 Å². The monoisotopic (exact) mass is 481 g/mol. The van der Waals surface area contributed by atoms with Gasteiger partial charge in [-0.15, -0.1) is 0 Å². The minimum Gasteiger partial charge on any atom is -0.507 e. The van der Waals surface area contributed by atoms with Crippen molar-refractivity contribution in [3.63, 3.8) is 0 Å². The van der Waals surface area contributed by atoms with Crippen LogP contribution in [0.25, 0.3) is 0 Å². The Morgan fingerprint density at radius 1 is 0.781 bits per heavy atom. The number of nitrogen functional groups attached to an aromatic ring is 2. The Labute approximate surface area is 183 Å². The highest BCUT2D eigenvalue weighted by Crippen LogP contribution is 2.24. The molecule has 11 nitrogen and oxygen atoms in total. The number of hydrogen-bond donors (Lipinski definition) is 6. The van der Waals surface area contributed by atoms with Crippen LogP contribution in [0.2, 0.25) is 0 Å². The summed E-state index contributed by atoms with van der Waals surface area (Å²) in [6.45, 7) is 0. The molecule has 0 saturated heterocycles. The first-order chi connectivity index (χ1) is 14.8. The molecule has 3 aromatic carbocycles. The van der Waals surface area contributed by atoms with Crippen LogP contribution < -0.4 is 16.2 Å². The second-order valence-corrected chi connectivity index (χ2v) is 9.36. The maximum absolute atomic E-state index is 12.1. The van der Waals surface area contributed by atoms with E-state index in [-0.39, 0.29) is 21.0 Å². The zero-order chi connectivity index (χ0) is 24.1. The molecule has 0 radical (unpaired) electrons. The number of aromatic hydroxyl groups is 1. The third-order valence-electron chi connectivity index (χ3n) is 3.85. The maximum atomic E-state index is 12.1. The smallest absolute Gasteiger partial charge is 0.339 e. The summed E-state index contributed by atoms with van der Waals surface area (Å²) in [7, 11) is -7.92. The number of nitrogens with two attached hydrogens (primary N) is 2. The molecule has 0 aliphatic carbocycles. The summed E-state index contributed by atoms with van der Waals surface area (Å²) >= 11 is 0. The van der Waals surface area contributed by atoms with E-state index in [1.807, 2.05) is 0 Å². The van der Waals surface area contributed by atoms with Gasteiger partial charge in [-0.1, -0.05) is 0 Å². The predicted octanol–water partition coefficient (Wildman–Crippen LogP) is 1.99. The fourth-order valence-electron chi connectivity index (χ4n) is 2.28. The topological polar surface area (TPSA) is 210 Å². The zero-order valence-electron chi connectivity index (χ0n) is 16.2. The molecule has 32 heavy (non-hydrogen) atoms. The van der Waals surface area contributed by atoms with Gasteiger partial charge in [0.25, 0.3) is 20.1 Å². The van der Waals surface area contributed by atoms with E-state index in [0.29, 0.717) is 11.4 Å². The van der Waals surface area contributed by atoms with Gasteiger partial charge in [0.15, 0.2) is 0 Å². The van der Waals surface area contributed by atoms with Crippen molar-refractivity contribution in [2.75, 3.05) is 16.2 Å². The Balaban J connectivity index is 0.000000278. The summed E-state index contributed by atoms with van der Waals surface area (Å²) in [4.78, 5) is 10.6. The van der Waals surface area contributed by atoms with Gasteiger partial charge in [-0.2, -0.15) is 8.42 Å². The molecular formula is C19H19N3O8S2. The molecule has 0 amide bonds. The largest absolute Gasteiger partial charge is 0.507 e. The first kappa shape index (κ1) is 24.5. The summed E-state index contributed by atoms with van der Waals surface area (Å²) in [6.07, 6.45) is 0.